The number of rotatable bonds is 5. The van der Waals surface area contributed by atoms with Gasteiger partial charge >= 0.3 is 5.97 Å². The second-order valence-corrected chi connectivity index (χ2v) is 4.87. The molecule has 0 aliphatic carbocycles. The van der Waals surface area contributed by atoms with Gasteiger partial charge in [0.25, 0.3) is 0 Å². The first-order valence-corrected chi connectivity index (χ1v) is 6.89. The molecule has 0 unspecified atom stereocenters. The molecule has 0 saturated heterocycles. The lowest BCUT2D eigenvalue weighted by atomic mass is 10.2. The maximum absolute atomic E-state index is 13.1. The molecule has 0 fully saturated rings. The van der Waals surface area contributed by atoms with Gasteiger partial charge in [-0.3, -0.25) is 0 Å². The molecule has 0 radical (unpaired) electrons. The van der Waals surface area contributed by atoms with Gasteiger partial charge in [-0.2, -0.15) is 0 Å². The summed E-state index contributed by atoms with van der Waals surface area (Å²) in [5.41, 5.74) is 1.46. The van der Waals surface area contributed by atoms with Crippen LogP contribution in [0.1, 0.15) is 11.1 Å². The van der Waals surface area contributed by atoms with Crippen LogP contribution >= 0.6 is 11.6 Å². The Balaban J connectivity index is 2.03. The summed E-state index contributed by atoms with van der Waals surface area (Å²) < 4.78 is 23.2. The third kappa shape index (κ3) is 4.60. The summed E-state index contributed by atoms with van der Waals surface area (Å²) in [6, 6.07) is 11.3. The summed E-state index contributed by atoms with van der Waals surface area (Å²) >= 11 is 6.13. The molecule has 2 rings (SSSR count). The summed E-state index contributed by atoms with van der Waals surface area (Å²) in [4.78, 5) is 11.0. The number of methoxy groups -OCH3 is 1. The summed E-state index contributed by atoms with van der Waals surface area (Å²) in [5.74, 6) is -0.265. The Labute approximate surface area is 132 Å². The van der Waals surface area contributed by atoms with Crippen molar-refractivity contribution in [3.05, 3.63) is 70.5 Å². The van der Waals surface area contributed by atoms with Crippen LogP contribution in [0.25, 0.3) is 6.08 Å². The van der Waals surface area contributed by atoms with Crippen molar-refractivity contribution in [2.45, 2.75) is 6.61 Å². The lowest BCUT2D eigenvalue weighted by Gasteiger charge is -2.09. The van der Waals surface area contributed by atoms with Crippen molar-refractivity contribution in [3.8, 4) is 5.75 Å². The number of hydrogen-bond donors (Lipinski definition) is 0. The molecule has 5 heteroatoms. The number of esters is 1. The Hall–Kier alpha value is -2.33. The fourth-order valence-electron chi connectivity index (χ4n) is 1.76. The van der Waals surface area contributed by atoms with Crippen LogP contribution in [-0.4, -0.2) is 13.1 Å². The Morgan fingerprint density at radius 3 is 2.77 bits per heavy atom. The van der Waals surface area contributed by atoms with Crippen molar-refractivity contribution >= 4 is 23.6 Å². The zero-order chi connectivity index (χ0) is 15.9. The van der Waals surface area contributed by atoms with Gasteiger partial charge in [-0.15, -0.1) is 0 Å². The summed E-state index contributed by atoms with van der Waals surface area (Å²) in [6.45, 7) is 0.217. The molecule has 0 N–H and O–H groups in total. The van der Waals surface area contributed by atoms with Crippen LogP contribution in [0.2, 0.25) is 5.02 Å². The topological polar surface area (TPSA) is 35.5 Å². The van der Waals surface area contributed by atoms with Gasteiger partial charge in [-0.25, -0.2) is 9.18 Å². The summed E-state index contributed by atoms with van der Waals surface area (Å²) in [7, 11) is 1.31. The molecule has 2 aromatic carbocycles. The first-order valence-electron chi connectivity index (χ1n) is 6.51. The van der Waals surface area contributed by atoms with E-state index in [1.165, 1.54) is 25.3 Å². The van der Waals surface area contributed by atoms with Crippen molar-refractivity contribution < 1.29 is 18.7 Å². The Morgan fingerprint density at radius 1 is 1.27 bits per heavy atom. The van der Waals surface area contributed by atoms with Crippen molar-refractivity contribution in [1.29, 1.82) is 0 Å². The molecule has 0 aliphatic rings. The molecule has 0 amide bonds. The summed E-state index contributed by atoms with van der Waals surface area (Å²) in [5, 5.41) is 0.406. The Morgan fingerprint density at radius 2 is 2.09 bits per heavy atom. The van der Waals surface area contributed by atoms with Gasteiger partial charge in [0, 0.05) is 6.08 Å². The van der Waals surface area contributed by atoms with E-state index in [4.69, 9.17) is 16.3 Å². The predicted molar refractivity (Wildman–Crippen MR) is 83.2 cm³/mol. The van der Waals surface area contributed by atoms with Crippen LogP contribution in [0, 0.1) is 5.82 Å². The fourth-order valence-corrected chi connectivity index (χ4v) is 2.00. The first kappa shape index (κ1) is 16.0. The van der Waals surface area contributed by atoms with E-state index < -0.39 is 5.97 Å². The zero-order valence-corrected chi connectivity index (χ0v) is 12.6. The molecule has 0 aromatic heterocycles. The van der Waals surface area contributed by atoms with Crippen molar-refractivity contribution in [2.75, 3.05) is 7.11 Å². The van der Waals surface area contributed by atoms with Crippen LogP contribution in [0.15, 0.2) is 48.5 Å². The molecule has 0 heterocycles. The highest BCUT2D eigenvalue weighted by molar-refractivity contribution is 6.32. The SMILES string of the molecule is COC(=O)/C=C/c1ccc(OCc2cccc(F)c2)c(Cl)c1. The highest BCUT2D eigenvalue weighted by atomic mass is 35.5. The van der Waals surface area contributed by atoms with Gasteiger partial charge < -0.3 is 9.47 Å². The number of carbonyl (C=O) groups is 1. The van der Waals surface area contributed by atoms with Gasteiger partial charge in [-0.05, 0) is 41.5 Å². The minimum absolute atomic E-state index is 0.217. The number of ether oxygens (including phenoxy) is 2. The standard InChI is InChI=1S/C17H14ClFO3/c1-21-17(20)8-6-12-5-7-16(15(18)10-12)22-11-13-3-2-4-14(19)9-13/h2-10H,11H2,1H3/b8-6+. The Kier molecular flexibility index (Phi) is 5.55. The van der Waals surface area contributed by atoms with E-state index in [0.717, 1.165) is 5.56 Å². The minimum atomic E-state index is -0.442. The van der Waals surface area contributed by atoms with Crippen LogP contribution in [0.4, 0.5) is 4.39 Å². The lowest BCUT2D eigenvalue weighted by Crippen LogP contribution is -1.96. The third-order valence-corrected chi connectivity index (χ3v) is 3.15. The van der Waals surface area contributed by atoms with E-state index in [2.05, 4.69) is 4.74 Å². The molecule has 3 nitrogen and oxygen atoms in total. The maximum Gasteiger partial charge on any atom is 0.330 e. The minimum Gasteiger partial charge on any atom is -0.487 e. The zero-order valence-electron chi connectivity index (χ0n) is 11.9. The van der Waals surface area contributed by atoms with Gasteiger partial charge in [0.1, 0.15) is 18.2 Å². The van der Waals surface area contributed by atoms with Crippen molar-refractivity contribution in [3.63, 3.8) is 0 Å². The van der Waals surface area contributed by atoms with Gasteiger partial charge in [0.15, 0.2) is 0 Å². The van der Waals surface area contributed by atoms with Crippen LogP contribution in [0.3, 0.4) is 0 Å². The van der Waals surface area contributed by atoms with E-state index in [-0.39, 0.29) is 12.4 Å². The molecule has 0 atom stereocenters. The molecule has 0 bridgehead atoms. The predicted octanol–water partition coefficient (Wildman–Crippen LogP) is 4.24. The monoisotopic (exact) mass is 320 g/mol. The lowest BCUT2D eigenvalue weighted by molar-refractivity contribution is -0.134. The Bertz CT molecular complexity index is 698. The molecule has 114 valence electrons. The van der Waals surface area contributed by atoms with Crippen molar-refractivity contribution in [2.24, 2.45) is 0 Å². The second-order valence-electron chi connectivity index (χ2n) is 4.46. The summed E-state index contributed by atoms with van der Waals surface area (Å²) in [6.07, 6.45) is 2.90. The molecule has 0 aliphatic heterocycles. The van der Waals surface area contributed by atoms with Gasteiger partial charge in [0.2, 0.25) is 0 Å². The highest BCUT2D eigenvalue weighted by Crippen LogP contribution is 2.26. The maximum atomic E-state index is 13.1. The third-order valence-electron chi connectivity index (χ3n) is 2.85. The van der Waals surface area contributed by atoms with Crippen LogP contribution in [0.5, 0.6) is 5.75 Å². The molecular weight excluding hydrogens is 307 g/mol. The van der Waals surface area contributed by atoms with E-state index in [1.807, 2.05) is 0 Å². The molecule has 2 aromatic rings. The smallest absolute Gasteiger partial charge is 0.330 e. The number of halogens is 2. The normalized spacial score (nSPS) is 10.7. The average molecular weight is 321 g/mol. The number of hydrogen-bond acceptors (Lipinski definition) is 3. The van der Waals surface area contributed by atoms with Crippen LogP contribution < -0.4 is 4.74 Å². The number of benzene rings is 2. The van der Waals surface area contributed by atoms with Gasteiger partial charge in [-0.1, -0.05) is 29.8 Å². The quantitative estimate of drug-likeness (QED) is 0.610. The van der Waals surface area contributed by atoms with E-state index in [1.54, 1.807) is 36.4 Å². The fraction of sp³-hybridized carbons (Fsp3) is 0.118. The molecule has 0 spiro atoms. The second kappa shape index (κ2) is 7.61. The first-order chi connectivity index (χ1) is 10.6. The van der Waals surface area contributed by atoms with Crippen LogP contribution in [-0.2, 0) is 16.1 Å². The highest BCUT2D eigenvalue weighted by Gasteiger charge is 2.04. The van der Waals surface area contributed by atoms with Crippen molar-refractivity contribution in [1.82, 2.24) is 0 Å². The van der Waals surface area contributed by atoms with E-state index >= 15 is 0 Å². The number of carbonyl (C=O) groups excluding carboxylic acids is 1. The molecular formula is C17H14ClFO3. The van der Waals surface area contributed by atoms with E-state index in [0.29, 0.717) is 16.3 Å². The van der Waals surface area contributed by atoms with Gasteiger partial charge in [0.05, 0.1) is 12.1 Å². The average Bonchev–Trinajstić information content (AvgIpc) is 2.51. The molecule has 0 saturated carbocycles. The largest absolute Gasteiger partial charge is 0.487 e. The van der Waals surface area contributed by atoms with E-state index in [9.17, 15) is 9.18 Å². The molecule has 22 heavy (non-hydrogen) atoms.